The zero-order valence-corrected chi connectivity index (χ0v) is 15.8. The lowest BCUT2D eigenvalue weighted by atomic mass is 10.1. The molecule has 1 amide bonds. The van der Waals surface area contributed by atoms with Crippen molar-refractivity contribution in [1.29, 1.82) is 0 Å². The maximum absolute atomic E-state index is 12.9. The van der Waals surface area contributed by atoms with Crippen LogP contribution in [-0.4, -0.2) is 57.9 Å². The highest BCUT2D eigenvalue weighted by atomic mass is 16.5. The van der Waals surface area contributed by atoms with Crippen LogP contribution in [0.2, 0.25) is 0 Å². The second-order valence-corrected chi connectivity index (χ2v) is 7.06. The minimum Gasteiger partial charge on any atom is -0.491 e. The Bertz CT molecular complexity index is 781. The number of benzene rings is 1. The van der Waals surface area contributed by atoms with Crippen LogP contribution in [0.3, 0.4) is 0 Å². The molecule has 0 bridgehead atoms. The number of nitrogen functional groups attached to an aromatic ring is 1. The van der Waals surface area contributed by atoms with E-state index >= 15 is 0 Å². The molecule has 1 aromatic carbocycles. The monoisotopic (exact) mass is 385 g/mol. The Kier molecular flexibility index (Phi) is 6.84. The Morgan fingerprint density at radius 1 is 1.11 bits per heavy atom. The fraction of sp³-hybridized carbons (Fsp3) is 0.429. The summed E-state index contributed by atoms with van der Waals surface area (Å²) in [5, 5.41) is 20.5. The summed E-state index contributed by atoms with van der Waals surface area (Å²) in [6.45, 7) is 0.914. The van der Waals surface area contributed by atoms with E-state index in [2.05, 4.69) is 4.98 Å². The van der Waals surface area contributed by atoms with Crippen LogP contribution >= 0.6 is 0 Å². The van der Waals surface area contributed by atoms with Crippen molar-refractivity contribution in [3.63, 3.8) is 0 Å². The topological polar surface area (TPSA) is 109 Å². The third kappa shape index (κ3) is 5.21. The van der Waals surface area contributed by atoms with Gasteiger partial charge in [0.1, 0.15) is 24.3 Å². The lowest BCUT2D eigenvalue weighted by Crippen LogP contribution is -2.38. The molecule has 1 aromatic heterocycles. The van der Waals surface area contributed by atoms with Crippen LogP contribution in [0.5, 0.6) is 5.75 Å². The fourth-order valence-corrected chi connectivity index (χ4v) is 3.27. The summed E-state index contributed by atoms with van der Waals surface area (Å²) >= 11 is 0. The van der Waals surface area contributed by atoms with Crippen LogP contribution in [0.1, 0.15) is 35.2 Å². The molecule has 0 fully saturated rings. The Morgan fingerprint density at radius 2 is 1.93 bits per heavy atom. The van der Waals surface area contributed by atoms with E-state index in [1.165, 1.54) is 6.20 Å². The number of hydrogen-bond donors (Lipinski definition) is 3. The number of para-hydroxylation sites is 1. The van der Waals surface area contributed by atoms with Crippen molar-refractivity contribution in [2.75, 3.05) is 25.4 Å². The molecule has 4 N–H and O–H groups in total. The van der Waals surface area contributed by atoms with E-state index in [4.69, 9.17) is 10.5 Å². The van der Waals surface area contributed by atoms with Gasteiger partial charge in [-0.2, -0.15) is 0 Å². The average Bonchev–Trinajstić information content (AvgIpc) is 2.72. The van der Waals surface area contributed by atoms with Crippen molar-refractivity contribution in [3.05, 3.63) is 53.7 Å². The zero-order chi connectivity index (χ0) is 19.9. The van der Waals surface area contributed by atoms with Crippen molar-refractivity contribution in [2.45, 2.75) is 37.9 Å². The van der Waals surface area contributed by atoms with Gasteiger partial charge in [-0.05, 0) is 49.4 Å². The molecule has 0 saturated heterocycles. The van der Waals surface area contributed by atoms with Crippen LogP contribution in [0, 0.1) is 0 Å². The van der Waals surface area contributed by atoms with E-state index < -0.39 is 12.2 Å². The molecule has 0 unspecified atom stereocenters. The van der Waals surface area contributed by atoms with Crippen molar-refractivity contribution >= 4 is 11.7 Å². The number of carbonyl (C=O) groups excluding carboxylic acids is 1. The SMILES string of the molecule is Nc1ccc(C(=O)N2CCCCc3ccccc3OC[C@@H](O)[C@@H](O)CC2)cn1. The summed E-state index contributed by atoms with van der Waals surface area (Å²) in [5.41, 5.74) is 7.12. The van der Waals surface area contributed by atoms with Gasteiger partial charge in [0.05, 0.1) is 11.7 Å². The molecule has 0 aliphatic carbocycles. The summed E-state index contributed by atoms with van der Waals surface area (Å²) in [4.78, 5) is 18.5. The van der Waals surface area contributed by atoms with Gasteiger partial charge in [0.2, 0.25) is 0 Å². The third-order valence-electron chi connectivity index (χ3n) is 4.97. The number of anilines is 1. The highest BCUT2D eigenvalue weighted by Gasteiger charge is 2.22. The lowest BCUT2D eigenvalue weighted by molar-refractivity contribution is -0.0150. The van der Waals surface area contributed by atoms with Crippen LogP contribution < -0.4 is 10.5 Å². The Balaban J connectivity index is 1.74. The number of nitrogens with two attached hydrogens (primary N) is 1. The van der Waals surface area contributed by atoms with Crippen molar-refractivity contribution in [2.24, 2.45) is 0 Å². The number of rotatable bonds is 1. The van der Waals surface area contributed by atoms with E-state index in [-0.39, 0.29) is 18.9 Å². The first-order valence-electron chi connectivity index (χ1n) is 9.62. The lowest BCUT2D eigenvalue weighted by Gasteiger charge is -2.25. The number of aliphatic hydroxyl groups is 2. The van der Waals surface area contributed by atoms with Crippen LogP contribution in [0.15, 0.2) is 42.6 Å². The van der Waals surface area contributed by atoms with Crippen LogP contribution in [-0.2, 0) is 6.42 Å². The Morgan fingerprint density at radius 3 is 2.71 bits per heavy atom. The zero-order valence-electron chi connectivity index (χ0n) is 15.8. The molecular weight excluding hydrogens is 358 g/mol. The molecule has 7 heteroatoms. The molecule has 1 aliphatic rings. The summed E-state index contributed by atoms with van der Waals surface area (Å²) in [6.07, 6.45) is 2.27. The molecule has 1 aliphatic heterocycles. The minimum absolute atomic E-state index is 0.00794. The van der Waals surface area contributed by atoms with Gasteiger partial charge in [0, 0.05) is 19.3 Å². The molecule has 0 saturated carbocycles. The first-order valence-corrected chi connectivity index (χ1v) is 9.62. The molecular formula is C21H27N3O4. The minimum atomic E-state index is -1.02. The smallest absolute Gasteiger partial charge is 0.255 e. The second-order valence-electron chi connectivity index (χ2n) is 7.06. The van der Waals surface area contributed by atoms with E-state index in [9.17, 15) is 15.0 Å². The number of aromatic nitrogens is 1. The van der Waals surface area contributed by atoms with Crippen molar-refractivity contribution < 1.29 is 19.7 Å². The van der Waals surface area contributed by atoms with Gasteiger partial charge >= 0.3 is 0 Å². The summed E-state index contributed by atoms with van der Waals surface area (Å²) in [5.74, 6) is 0.938. The first-order chi connectivity index (χ1) is 13.5. The number of ether oxygens (including phenoxy) is 1. The first kappa shape index (κ1) is 20.1. The summed E-state index contributed by atoms with van der Waals surface area (Å²) in [7, 11) is 0. The van der Waals surface area contributed by atoms with Crippen LogP contribution in [0.4, 0.5) is 5.82 Å². The van der Waals surface area contributed by atoms with Gasteiger partial charge in [0.25, 0.3) is 5.91 Å². The standard InChI is InChI=1S/C21H27N3O4/c22-20-9-8-16(13-23-20)21(27)24-11-4-3-6-15-5-1-2-7-19(15)28-14-18(26)17(25)10-12-24/h1-2,5,7-9,13,17-18,25-26H,3-4,6,10-12,14H2,(H2,22,23)/t17-,18+/m0/s1. The molecule has 3 rings (SSSR count). The summed E-state index contributed by atoms with van der Waals surface area (Å²) in [6, 6.07) is 11.0. The average molecular weight is 385 g/mol. The Hall–Kier alpha value is -2.64. The van der Waals surface area contributed by atoms with Gasteiger partial charge < -0.3 is 25.6 Å². The maximum atomic E-state index is 12.9. The van der Waals surface area contributed by atoms with Gasteiger partial charge in [-0.25, -0.2) is 4.98 Å². The highest BCUT2D eigenvalue weighted by Crippen LogP contribution is 2.21. The van der Waals surface area contributed by atoms with Gasteiger partial charge in [0.15, 0.2) is 0 Å². The summed E-state index contributed by atoms with van der Waals surface area (Å²) < 4.78 is 5.73. The van der Waals surface area contributed by atoms with Gasteiger partial charge in [-0.3, -0.25) is 4.79 Å². The second kappa shape index (κ2) is 9.52. The number of amides is 1. The fourth-order valence-electron chi connectivity index (χ4n) is 3.27. The van der Waals surface area contributed by atoms with E-state index in [0.717, 1.165) is 30.6 Å². The van der Waals surface area contributed by atoms with E-state index in [0.29, 0.717) is 24.5 Å². The predicted octanol–water partition coefficient (Wildman–Crippen LogP) is 1.63. The van der Waals surface area contributed by atoms with Crippen molar-refractivity contribution in [1.82, 2.24) is 9.88 Å². The molecule has 0 radical (unpaired) electrons. The largest absolute Gasteiger partial charge is 0.491 e. The molecule has 0 spiro atoms. The highest BCUT2D eigenvalue weighted by molar-refractivity contribution is 5.94. The molecule has 2 aromatic rings. The van der Waals surface area contributed by atoms with Gasteiger partial charge in [-0.1, -0.05) is 18.2 Å². The number of aliphatic hydroxyl groups excluding tert-OH is 2. The molecule has 150 valence electrons. The number of pyridine rings is 1. The predicted molar refractivity (Wildman–Crippen MR) is 106 cm³/mol. The molecule has 2 atom stereocenters. The number of fused-ring (bicyclic) bond motifs is 1. The Labute approximate surface area is 164 Å². The number of nitrogens with zero attached hydrogens (tertiary/aromatic N) is 2. The van der Waals surface area contributed by atoms with E-state index in [1.807, 2.05) is 24.3 Å². The number of aryl methyl sites for hydroxylation is 1. The quantitative estimate of drug-likeness (QED) is 0.688. The number of hydrogen-bond acceptors (Lipinski definition) is 6. The van der Waals surface area contributed by atoms with Gasteiger partial charge in [-0.15, -0.1) is 0 Å². The third-order valence-corrected chi connectivity index (χ3v) is 4.97. The molecule has 7 nitrogen and oxygen atoms in total. The maximum Gasteiger partial charge on any atom is 0.255 e. The molecule has 2 heterocycles. The number of carbonyl (C=O) groups is 1. The normalized spacial score (nSPS) is 21.4. The van der Waals surface area contributed by atoms with Crippen molar-refractivity contribution in [3.8, 4) is 5.75 Å². The molecule has 28 heavy (non-hydrogen) atoms. The van der Waals surface area contributed by atoms with E-state index in [1.54, 1.807) is 17.0 Å². The van der Waals surface area contributed by atoms with Crippen LogP contribution in [0.25, 0.3) is 0 Å².